The number of carbonyl (C=O) groups excluding carboxylic acids is 2. The van der Waals surface area contributed by atoms with E-state index in [9.17, 15) is 9.59 Å². The monoisotopic (exact) mass is 401 g/mol. The van der Waals surface area contributed by atoms with Crippen LogP contribution in [-0.2, 0) is 4.79 Å². The van der Waals surface area contributed by atoms with Crippen molar-refractivity contribution in [2.45, 2.75) is 27.2 Å². The van der Waals surface area contributed by atoms with Crippen LogP contribution in [0.2, 0.25) is 5.02 Å². The number of nitrogens with zero attached hydrogens (tertiary/aromatic N) is 1. The highest BCUT2D eigenvalue weighted by Gasteiger charge is 2.37. The molecule has 0 atom stereocenters. The van der Waals surface area contributed by atoms with Crippen molar-refractivity contribution in [2.75, 3.05) is 28.7 Å². The molecule has 0 bridgehead atoms. The van der Waals surface area contributed by atoms with Crippen molar-refractivity contribution in [1.29, 1.82) is 0 Å². The molecular weight excluding hydrogens is 378 g/mol. The Morgan fingerprint density at radius 1 is 1.18 bits per heavy atom. The molecule has 1 aliphatic rings. The van der Waals surface area contributed by atoms with Crippen LogP contribution in [0.15, 0.2) is 42.5 Å². The number of halogens is 1. The van der Waals surface area contributed by atoms with Gasteiger partial charge in [-0.3, -0.25) is 4.79 Å². The van der Waals surface area contributed by atoms with Crippen LogP contribution in [0.1, 0.15) is 27.2 Å². The van der Waals surface area contributed by atoms with Gasteiger partial charge in [-0.25, -0.2) is 4.79 Å². The van der Waals surface area contributed by atoms with Gasteiger partial charge in [-0.2, -0.15) is 0 Å². The van der Waals surface area contributed by atoms with Gasteiger partial charge in [0.05, 0.1) is 11.1 Å². The van der Waals surface area contributed by atoms with Crippen molar-refractivity contribution >= 4 is 40.6 Å². The lowest BCUT2D eigenvalue weighted by Crippen LogP contribution is -2.42. The van der Waals surface area contributed by atoms with Gasteiger partial charge in [0.1, 0.15) is 12.4 Å². The van der Waals surface area contributed by atoms with Crippen molar-refractivity contribution in [3.05, 3.63) is 47.5 Å². The quantitative estimate of drug-likeness (QED) is 0.744. The molecule has 6 nitrogen and oxygen atoms in total. The van der Waals surface area contributed by atoms with Gasteiger partial charge in [-0.1, -0.05) is 24.6 Å². The molecule has 2 aromatic rings. The number of anilines is 3. The minimum atomic E-state index is -0.619. The second kappa shape index (κ2) is 8.10. The Bertz CT molecular complexity index is 898. The van der Waals surface area contributed by atoms with E-state index in [1.807, 2.05) is 20.8 Å². The number of hydrogen-bond acceptors (Lipinski definition) is 3. The fourth-order valence-corrected chi connectivity index (χ4v) is 3.22. The summed E-state index contributed by atoms with van der Waals surface area (Å²) in [5, 5.41) is 6.06. The van der Waals surface area contributed by atoms with Gasteiger partial charge in [0, 0.05) is 29.0 Å². The second-order valence-corrected chi connectivity index (χ2v) is 7.84. The molecule has 0 radical (unpaired) electrons. The minimum absolute atomic E-state index is 0.0347. The molecule has 1 aliphatic heterocycles. The molecule has 0 saturated carbocycles. The molecule has 0 spiro atoms. The fourth-order valence-electron chi connectivity index (χ4n) is 3.03. The molecule has 0 saturated heterocycles. The topological polar surface area (TPSA) is 70.7 Å². The molecule has 0 aliphatic carbocycles. The van der Waals surface area contributed by atoms with Crippen LogP contribution in [0.25, 0.3) is 0 Å². The highest BCUT2D eigenvalue weighted by Crippen LogP contribution is 2.38. The number of ether oxygens (including phenoxy) is 1. The largest absolute Gasteiger partial charge is 0.490 e. The van der Waals surface area contributed by atoms with Crippen molar-refractivity contribution in [1.82, 2.24) is 0 Å². The number of carbonyl (C=O) groups is 2. The molecule has 2 aromatic carbocycles. The van der Waals surface area contributed by atoms with Gasteiger partial charge in [0.15, 0.2) is 0 Å². The van der Waals surface area contributed by atoms with Crippen molar-refractivity contribution < 1.29 is 14.3 Å². The lowest BCUT2D eigenvalue weighted by molar-refractivity contribution is -0.127. The first-order chi connectivity index (χ1) is 13.3. The number of nitrogens with one attached hydrogen (secondary N) is 2. The molecule has 148 valence electrons. The maximum absolute atomic E-state index is 12.9. The van der Waals surface area contributed by atoms with E-state index >= 15 is 0 Å². The van der Waals surface area contributed by atoms with Crippen LogP contribution in [0.4, 0.5) is 21.9 Å². The van der Waals surface area contributed by atoms with Crippen LogP contribution >= 0.6 is 11.6 Å². The van der Waals surface area contributed by atoms with E-state index in [1.54, 1.807) is 47.4 Å². The first-order valence-corrected chi connectivity index (χ1v) is 9.60. The number of rotatable bonds is 4. The van der Waals surface area contributed by atoms with E-state index in [4.69, 9.17) is 16.3 Å². The van der Waals surface area contributed by atoms with Gasteiger partial charge in [-0.15, -0.1) is 0 Å². The third-order valence-corrected chi connectivity index (χ3v) is 4.69. The summed E-state index contributed by atoms with van der Waals surface area (Å²) in [7, 11) is 0. The molecule has 0 fully saturated rings. The zero-order valence-corrected chi connectivity index (χ0v) is 17.0. The smallest absolute Gasteiger partial charge is 0.323 e. The van der Waals surface area contributed by atoms with Gasteiger partial charge in [-0.05, 0) is 50.6 Å². The maximum atomic E-state index is 12.9. The first-order valence-electron chi connectivity index (χ1n) is 9.22. The van der Waals surface area contributed by atoms with E-state index in [1.165, 1.54) is 0 Å². The number of benzene rings is 2. The van der Waals surface area contributed by atoms with Gasteiger partial charge in [0.2, 0.25) is 5.91 Å². The van der Waals surface area contributed by atoms with E-state index in [0.29, 0.717) is 28.7 Å². The Balaban J connectivity index is 1.80. The molecule has 0 aromatic heterocycles. The summed E-state index contributed by atoms with van der Waals surface area (Å²) in [6.45, 7) is 6.67. The van der Waals surface area contributed by atoms with Crippen molar-refractivity contribution in [2.24, 2.45) is 5.41 Å². The van der Waals surface area contributed by atoms with Crippen LogP contribution in [0, 0.1) is 5.41 Å². The van der Waals surface area contributed by atoms with Gasteiger partial charge >= 0.3 is 6.03 Å². The summed E-state index contributed by atoms with van der Waals surface area (Å²) >= 11 is 5.94. The lowest BCUT2D eigenvalue weighted by atomic mass is 9.93. The third kappa shape index (κ3) is 4.39. The molecule has 28 heavy (non-hydrogen) atoms. The summed E-state index contributed by atoms with van der Waals surface area (Å²) in [4.78, 5) is 26.9. The fraction of sp³-hybridized carbons (Fsp3) is 0.333. The summed E-state index contributed by atoms with van der Waals surface area (Å²) in [6, 6.07) is 11.8. The Hall–Kier alpha value is -2.73. The van der Waals surface area contributed by atoms with Crippen molar-refractivity contribution in [3.63, 3.8) is 0 Å². The Morgan fingerprint density at radius 2 is 1.89 bits per heavy atom. The predicted molar refractivity (Wildman–Crippen MR) is 112 cm³/mol. The van der Waals surface area contributed by atoms with E-state index in [-0.39, 0.29) is 12.5 Å². The Labute approximate surface area is 169 Å². The van der Waals surface area contributed by atoms with Crippen LogP contribution in [0.5, 0.6) is 5.75 Å². The summed E-state index contributed by atoms with van der Waals surface area (Å²) in [5.74, 6) is 0.612. The minimum Gasteiger partial charge on any atom is -0.490 e. The van der Waals surface area contributed by atoms with Gasteiger partial charge < -0.3 is 20.3 Å². The normalized spacial score (nSPS) is 15.3. The Morgan fingerprint density at radius 3 is 2.57 bits per heavy atom. The SMILES string of the molecule is CCCN1C(=O)C(C)(C)COc2cc(NC(=O)Nc3cccc(Cl)c3)ccc21. The summed E-state index contributed by atoms with van der Waals surface area (Å²) in [6.07, 6.45) is 0.837. The maximum Gasteiger partial charge on any atom is 0.323 e. The van der Waals surface area contributed by atoms with Crippen LogP contribution < -0.4 is 20.3 Å². The summed E-state index contributed by atoms with van der Waals surface area (Å²) in [5.41, 5.74) is 1.27. The summed E-state index contributed by atoms with van der Waals surface area (Å²) < 4.78 is 5.92. The van der Waals surface area contributed by atoms with Gasteiger partial charge in [0.25, 0.3) is 0 Å². The highest BCUT2D eigenvalue weighted by atomic mass is 35.5. The first kappa shape index (κ1) is 20.0. The zero-order valence-electron chi connectivity index (χ0n) is 16.2. The molecule has 7 heteroatoms. The van der Waals surface area contributed by atoms with E-state index < -0.39 is 11.4 Å². The van der Waals surface area contributed by atoms with E-state index in [2.05, 4.69) is 10.6 Å². The number of hydrogen-bond donors (Lipinski definition) is 2. The second-order valence-electron chi connectivity index (χ2n) is 7.40. The average Bonchev–Trinajstić information content (AvgIpc) is 2.72. The predicted octanol–water partition coefficient (Wildman–Crippen LogP) is 5.15. The molecule has 0 unspecified atom stereocenters. The van der Waals surface area contributed by atoms with Crippen LogP contribution in [-0.4, -0.2) is 25.1 Å². The molecule has 2 N–H and O–H groups in total. The average molecular weight is 402 g/mol. The van der Waals surface area contributed by atoms with E-state index in [0.717, 1.165) is 12.1 Å². The molecular formula is C21H24ClN3O3. The third-order valence-electron chi connectivity index (χ3n) is 4.45. The van der Waals surface area contributed by atoms with Crippen LogP contribution in [0.3, 0.4) is 0 Å². The van der Waals surface area contributed by atoms with Crippen molar-refractivity contribution in [3.8, 4) is 5.75 Å². The lowest BCUT2D eigenvalue weighted by Gasteiger charge is -2.27. The molecule has 3 amide bonds. The highest BCUT2D eigenvalue weighted by molar-refractivity contribution is 6.30. The zero-order chi connectivity index (χ0) is 20.3. The molecule has 1 heterocycles. The molecule has 3 rings (SSSR count). The standard InChI is InChI=1S/C21H24ClN3O3/c1-4-10-25-17-9-8-16(12-18(17)28-13-21(2,3)19(25)26)24-20(27)23-15-7-5-6-14(22)11-15/h5-9,11-12H,4,10,13H2,1-3H3,(H2,23,24,27). The Kier molecular flexibility index (Phi) is 5.79. The number of urea groups is 1. The number of fused-ring (bicyclic) bond motifs is 1. The number of amides is 3.